The smallest absolute Gasteiger partial charge is 0.335 e. The fourth-order valence-electron chi connectivity index (χ4n) is 4.02. The summed E-state index contributed by atoms with van der Waals surface area (Å²) in [6.07, 6.45) is 0. The molecule has 2 aromatic carbocycles. The topological polar surface area (TPSA) is 121 Å². The predicted molar refractivity (Wildman–Crippen MR) is 140 cm³/mol. The van der Waals surface area contributed by atoms with Crippen LogP contribution in [0.5, 0.6) is 11.5 Å². The van der Waals surface area contributed by atoms with Crippen LogP contribution in [0, 0.1) is 0 Å². The normalized spacial score (nSPS) is 12.6. The molecule has 0 atom stereocenters. The molecule has 0 bridgehead atoms. The molecule has 2 aromatic rings. The van der Waals surface area contributed by atoms with Crippen molar-refractivity contribution in [2.45, 2.75) is 105 Å². The van der Waals surface area contributed by atoms with Gasteiger partial charge in [0.25, 0.3) is 0 Å². The van der Waals surface area contributed by atoms with Gasteiger partial charge in [0.1, 0.15) is 0 Å². The lowest BCUT2D eigenvalue weighted by molar-refractivity contribution is -0.271. The van der Waals surface area contributed by atoms with Gasteiger partial charge in [-0.25, -0.2) is 9.59 Å². The Morgan fingerprint density at radius 1 is 0.500 bits per heavy atom. The molecule has 6 nitrogen and oxygen atoms in total. The fourth-order valence-corrected chi connectivity index (χ4v) is 4.02. The summed E-state index contributed by atoms with van der Waals surface area (Å²) in [4.78, 5) is 22.7. The summed E-state index contributed by atoms with van der Waals surface area (Å²) >= 11 is 0. The zero-order valence-corrected chi connectivity index (χ0v) is 23.8. The predicted octanol–water partition coefficient (Wildman–Crippen LogP) is 6.11. The number of benzene rings is 2. The quantitative estimate of drug-likeness (QED) is 0.515. The molecule has 2 N–H and O–H groups in total. The Bertz CT molecular complexity index is 1040. The second-order valence-electron chi connectivity index (χ2n) is 13.3. The highest BCUT2D eigenvalue weighted by Gasteiger charge is 2.27. The monoisotopic (exact) mass is 498 g/mol. The van der Waals surface area contributed by atoms with Crippen molar-refractivity contribution in [3.05, 3.63) is 57.6 Å². The summed E-state index contributed by atoms with van der Waals surface area (Å²) in [7, 11) is 0. The molecule has 0 radical (unpaired) electrons. The van der Waals surface area contributed by atoms with Crippen molar-refractivity contribution in [1.82, 2.24) is 0 Å². The van der Waals surface area contributed by atoms with Gasteiger partial charge in [0.15, 0.2) is 0 Å². The third-order valence-electron chi connectivity index (χ3n) is 5.98. The van der Waals surface area contributed by atoms with E-state index in [1.165, 1.54) is 0 Å². The van der Waals surface area contributed by atoms with Crippen LogP contribution in [0.3, 0.4) is 0 Å². The van der Waals surface area contributed by atoms with Crippen LogP contribution in [0.25, 0.3) is 0 Å². The molecular formula is C30H42O6-2. The van der Waals surface area contributed by atoms with Crippen LogP contribution in [-0.2, 0) is 21.7 Å². The van der Waals surface area contributed by atoms with E-state index in [9.17, 15) is 30.0 Å². The second-order valence-corrected chi connectivity index (χ2v) is 13.3. The summed E-state index contributed by atoms with van der Waals surface area (Å²) in [6.45, 7) is 22.9. The van der Waals surface area contributed by atoms with E-state index in [1.54, 1.807) is 24.3 Å². The van der Waals surface area contributed by atoms with Crippen LogP contribution >= 0.6 is 0 Å². The highest BCUT2D eigenvalue weighted by atomic mass is 16.4. The van der Waals surface area contributed by atoms with E-state index >= 15 is 0 Å². The van der Waals surface area contributed by atoms with E-state index in [2.05, 4.69) is 0 Å². The molecule has 200 valence electrons. The zero-order valence-electron chi connectivity index (χ0n) is 23.8. The van der Waals surface area contributed by atoms with Crippen LogP contribution in [0.1, 0.15) is 126 Å². The second kappa shape index (κ2) is 10.2. The van der Waals surface area contributed by atoms with Crippen molar-refractivity contribution in [2.24, 2.45) is 0 Å². The summed E-state index contributed by atoms with van der Waals surface area (Å²) in [5.41, 5.74) is 0.689. The van der Waals surface area contributed by atoms with Crippen molar-refractivity contribution in [3.8, 4) is 11.5 Å². The van der Waals surface area contributed by atoms with E-state index in [0.717, 1.165) is 0 Å². The van der Waals surface area contributed by atoms with Crippen molar-refractivity contribution in [3.63, 3.8) is 0 Å². The van der Waals surface area contributed by atoms with E-state index in [1.807, 2.05) is 83.1 Å². The molecule has 0 aliphatic carbocycles. The van der Waals surface area contributed by atoms with Crippen LogP contribution in [0.2, 0.25) is 0 Å². The molecule has 6 heteroatoms. The van der Waals surface area contributed by atoms with Crippen LogP contribution in [0.4, 0.5) is 0 Å². The number of carboxylic acids is 2. The van der Waals surface area contributed by atoms with Gasteiger partial charge in [-0.1, -0.05) is 119 Å². The summed E-state index contributed by atoms with van der Waals surface area (Å²) in [5, 5.41) is 43.3. The van der Waals surface area contributed by atoms with Crippen LogP contribution in [0.15, 0.2) is 24.3 Å². The lowest BCUT2D eigenvalue weighted by Gasteiger charge is -2.31. The first kappa shape index (κ1) is 31.0. The molecule has 0 saturated heterocycles. The number of carbonyl (C=O) groups is 2. The van der Waals surface area contributed by atoms with E-state index in [0.29, 0.717) is 22.3 Å². The first-order valence-corrected chi connectivity index (χ1v) is 12.1. The Balaban J connectivity index is 0.000000360. The molecule has 2 rings (SSSR count). The molecule has 0 amide bonds. The van der Waals surface area contributed by atoms with Gasteiger partial charge in [0.05, 0.1) is 11.1 Å². The summed E-state index contributed by atoms with van der Waals surface area (Å²) in [6, 6.07) is 7.06. The minimum atomic E-state index is -1.14. The molecular weight excluding hydrogens is 456 g/mol. The lowest BCUT2D eigenvalue weighted by atomic mass is 9.78. The average molecular weight is 499 g/mol. The van der Waals surface area contributed by atoms with Crippen LogP contribution in [-0.4, -0.2) is 22.2 Å². The van der Waals surface area contributed by atoms with Crippen molar-refractivity contribution >= 4 is 11.9 Å². The molecule has 0 aromatic heterocycles. The number of hydrogen-bond acceptors (Lipinski definition) is 4. The van der Waals surface area contributed by atoms with Crippen molar-refractivity contribution in [1.29, 1.82) is 0 Å². The molecule has 0 spiro atoms. The highest BCUT2D eigenvalue weighted by molar-refractivity contribution is 5.94. The van der Waals surface area contributed by atoms with Crippen LogP contribution < -0.4 is 10.2 Å². The van der Waals surface area contributed by atoms with Gasteiger partial charge in [-0.2, -0.15) is 0 Å². The van der Waals surface area contributed by atoms with Gasteiger partial charge in [0, 0.05) is 0 Å². The molecule has 0 fully saturated rings. The number of carboxylic acid groups (broad SMARTS) is 2. The minimum absolute atomic E-state index is 0.0880. The number of aromatic carboxylic acids is 2. The van der Waals surface area contributed by atoms with Crippen molar-refractivity contribution < 1.29 is 30.0 Å². The Morgan fingerprint density at radius 3 is 0.861 bits per heavy atom. The Morgan fingerprint density at radius 2 is 0.694 bits per heavy atom. The van der Waals surface area contributed by atoms with Crippen molar-refractivity contribution in [2.75, 3.05) is 0 Å². The Kier molecular flexibility index (Phi) is 8.75. The minimum Gasteiger partial charge on any atom is -0.872 e. The molecule has 0 heterocycles. The van der Waals surface area contributed by atoms with Gasteiger partial charge in [0.2, 0.25) is 0 Å². The molecule has 0 saturated carbocycles. The van der Waals surface area contributed by atoms with Gasteiger partial charge in [-0.15, -0.1) is 0 Å². The standard InChI is InChI=1S/2C15H22O3/c2*1-14(2,3)9-7-8-10(15(4,5)6)12(16)11(9)13(17)18/h2*7-8,16H,1-6H3,(H,17,18)/p-2. The molecule has 0 aliphatic heterocycles. The largest absolute Gasteiger partial charge is 0.872 e. The first-order chi connectivity index (χ1) is 15.9. The Hall–Kier alpha value is -3.02. The summed E-state index contributed by atoms with van der Waals surface area (Å²) < 4.78 is 0. The maximum Gasteiger partial charge on any atom is 0.335 e. The first-order valence-electron chi connectivity index (χ1n) is 12.1. The maximum absolute atomic E-state index is 12.3. The molecule has 36 heavy (non-hydrogen) atoms. The Labute approximate surface area is 216 Å². The maximum atomic E-state index is 12.3. The highest BCUT2D eigenvalue weighted by Crippen LogP contribution is 2.38. The van der Waals surface area contributed by atoms with E-state index in [-0.39, 0.29) is 44.3 Å². The van der Waals surface area contributed by atoms with Gasteiger partial charge in [-0.05, 0) is 43.9 Å². The van der Waals surface area contributed by atoms with E-state index < -0.39 is 11.9 Å². The van der Waals surface area contributed by atoms with E-state index in [4.69, 9.17) is 0 Å². The average Bonchev–Trinajstić information content (AvgIpc) is 2.63. The zero-order chi connectivity index (χ0) is 28.6. The molecule has 0 unspecified atom stereocenters. The summed E-state index contributed by atoms with van der Waals surface area (Å²) in [5.74, 6) is -3.00. The fraction of sp³-hybridized carbons (Fsp3) is 0.533. The number of hydrogen-bond donors (Lipinski definition) is 2. The molecule has 0 aliphatic rings. The number of rotatable bonds is 2. The third kappa shape index (κ3) is 7.02. The van der Waals surface area contributed by atoms with Gasteiger partial charge in [-0.3, -0.25) is 0 Å². The van der Waals surface area contributed by atoms with Gasteiger partial charge < -0.3 is 20.4 Å². The SMILES string of the molecule is CC(C)(C)c1ccc(C(C)(C)C)c(C(=O)O)c1[O-].CC(C)(C)c1ccc(C(C)(C)C)c(C(=O)O)c1[O-]. The van der Waals surface area contributed by atoms with Gasteiger partial charge >= 0.3 is 11.9 Å². The lowest BCUT2D eigenvalue weighted by Crippen LogP contribution is -2.23. The third-order valence-corrected chi connectivity index (χ3v) is 5.98.